The SMILES string of the molecule is Cc1ncc([C@@H](C(=O)O)N2CC[C@@H](OCCCCc3ccc4c(n3)NCCC4)C2)c([C@@H]2CCCCO2)n1. The molecule has 0 aromatic carbocycles. The molecule has 5 rings (SSSR count). The number of nitrogens with zero attached hydrogens (tertiary/aromatic N) is 4. The Morgan fingerprint density at radius 1 is 1.24 bits per heavy atom. The molecule has 0 amide bonds. The van der Waals surface area contributed by atoms with Gasteiger partial charge in [0.2, 0.25) is 0 Å². The van der Waals surface area contributed by atoms with Gasteiger partial charge in [-0.05, 0) is 76.3 Å². The van der Waals surface area contributed by atoms with E-state index in [0.29, 0.717) is 37.7 Å². The molecule has 0 unspecified atom stereocenters. The van der Waals surface area contributed by atoms with Crippen molar-refractivity contribution >= 4 is 11.8 Å². The fraction of sp³-hybridized carbons (Fsp3) is 0.643. The first-order chi connectivity index (χ1) is 18.1. The van der Waals surface area contributed by atoms with Crippen LogP contribution < -0.4 is 5.32 Å². The summed E-state index contributed by atoms with van der Waals surface area (Å²) in [4.78, 5) is 28.2. The van der Waals surface area contributed by atoms with E-state index in [1.165, 1.54) is 12.0 Å². The molecule has 9 nitrogen and oxygen atoms in total. The van der Waals surface area contributed by atoms with Crippen molar-refractivity contribution in [2.75, 3.05) is 38.2 Å². The van der Waals surface area contributed by atoms with Crippen LogP contribution in [0.2, 0.25) is 0 Å². The highest BCUT2D eigenvalue weighted by Crippen LogP contribution is 2.35. The van der Waals surface area contributed by atoms with Crippen molar-refractivity contribution in [2.24, 2.45) is 0 Å². The third-order valence-electron chi connectivity index (χ3n) is 7.66. The number of rotatable bonds is 10. The molecule has 9 heteroatoms. The first-order valence-electron chi connectivity index (χ1n) is 13.8. The van der Waals surface area contributed by atoms with Crippen molar-refractivity contribution in [3.8, 4) is 0 Å². The van der Waals surface area contributed by atoms with E-state index in [1.54, 1.807) is 6.20 Å². The zero-order chi connectivity index (χ0) is 25.6. The standard InChI is InChI=1S/C28H39N5O4/c1-19-30-17-23(25(31-19)24-9-3-5-16-37-24)26(28(34)35)33-14-12-22(18-33)36-15-4-2-8-21-11-10-20-7-6-13-29-27(20)32-21/h10-11,17,22,24,26H,2-9,12-16,18H2,1H3,(H,29,32)(H,34,35)/t22-,24+,26+/m1/s1. The van der Waals surface area contributed by atoms with Crippen molar-refractivity contribution in [2.45, 2.75) is 83.0 Å². The van der Waals surface area contributed by atoms with Crippen LogP contribution in [0.1, 0.15) is 85.4 Å². The summed E-state index contributed by atoms with van der Waals surface area (Å²) in [5, 5.41) is 13.6. The number of nitrogens with one attached hydrogen (secondary N) is 1. The van der Waals surface area contributed by atoms with Gasteiger partial charge in [0, 0.05) is 50.3 Å². The molecule has 2 aromatic heterocycles. The molecule has 5 heterocycles. The largest absolute Gasteiger partial charge is 0.480 e. The van der Waals surface area contributed by atoms with Gasteiger partial charge in [-0.1, -0.05) is 6.07 Å². The minimum Gasteiger partial charge on any atom is -0.480 e. The second kappa shape index (κ2) is 12.3. The zero-order valence-electron chi connectivity index (χ0n) is 21.8. The van der Waals surface area contributed by atoms with Crippen molar-refractivity contribution in [3.05, 3.63) is 46.7 Å². The van der Waals surface area contributed by atoms with E-state index in [2.05, 4.69) is 27.4 Å². The van der Waals surface area contributed by atoms with Gasteiger partial charge in [0.05, 0.1) is 17.9 Å². The highest BCUT2D eigenvalue weighted by Gasteiger charge is 2.37. The number of likely N-dealkylation sites (tertiary alicyclic amines) is 1. The van der Waals surface area contributed by atoms with Crippen molar-refractivity contribution in [3.63, 3.8) is 0 Å². The van der Waals surface area contributed by atoms with Crippen LogP contribution >= 0.6 is 0 Å². The Bertz CT molecular complexity index is 1070. The molecule has 0 spiro atoms. The highest BCUT2D eigenvalue weighted by molar-refractivity contribution is 5.76. The number of carbonyl (C=O) groups is 1. The molecule has 2 aromatic rings. The Hall–Kier alpha value is -2.62. The first kappa shape index (κ1) is 26.0. The number of fused-ring (bicyclic) bond motifs is 1. The van der Waals surface area contributed by atoms with Gasteiger partial charge in [-0.15, -0.1) is 0 Å². The molecule has 0 radical (unpaired) electrons. The third-order valence-corrected chi connectivity index (χ3v) is 7.66. The van der Waals surface area contributed by atoms with E-state index in [0.717, 1.165) is 75.1 Å². The van der Waals surface area contributed by atoms with Crippen LogP contribution in [0, 0.1) is 6.92 Å². The topological polar surface area (TPSA) is 110 Å². The summed E-state index contributed by atoms with van der Waals surface area (Å²) in [6.07, 6.45) is 10.5. The van der Waals surface area contributed by atoms with Gasteiger partial charge in [-0.2, -0.15) is 0 Å². The second-order valence-corrected chi connectivity index (χ2v) is 10.4. The Balaban J connectivity index is 1.13. The smallest absolute Gasteiger partial charge is 0.325 e. The number of aromatic nitrogens is 3. The fourth-order valence-electron chi connectivity index (χ4n) is 5.70. The van der Waals surface area contributed by atoms with Gasteiger partial charge in [0.15, 0.2) is 0 Å². The maximum absolute atomic E-state index is 12.4. The average molecular weight is 510 g/mol. The number of unbranched alkanes of at least 4 members (excludes halogenated alkanes) is 1. The molecule has 2 N–H and O–H groups in total. The predicted molar refractivity (Wildman–Crippen MR) is 140 cm³/mol. The summed E-state index contributed by atoms with van der Waals surface area (Å²) in [6, 6.07) is 3.56. The van der Waals surface area contributed by atoms with Gasteiger partial charge in [-0.3, -0.25) is 9.69 Å². The Morgan fingerprint density at radius 2 is 2.16 bits per heavy atom. The van der Waals surface area contributed by atoms with Gasteiger partial charge >= 0.3 is 5.97 Å². The van der Waals surface area contributed by atoms with Gasteiger partial charge < -0.3 is 19.9 Å². The number of aliphatic carboxylic acids is 1. The maximum atomic E-state index is 12.4. The molecule has 200 valence electrons. The van der Waals surface area contributed by atoms with E-state index >= 15 is 0 Å². The monoisotopic (exact) mass is 509 g/mol. The van der Waals surface area contributed by atoms with Crippen LogP contribution in [0.4, 0.5) is 5.82 Å². The molecule has 3 aliphatic rings. The van der Waals surface area contributed by atoms with Gasteiger partial charge in [-0.25, -0.2) is 15.0 Å². The number of ether oxygens (including phenoxy) is 2. The Kier molecular flexibility index (Phi) is 8.63. The number of pyridine rings is 1. The molecule has 3 atom stereocenters. The minimum absolute atomic E-state index is 0.0358. The molecular formula is C28H39N5O4. The number of aryl methyl sites for hydroxylation is 3. The fourth-order valence-corrected chi connectivity index (χ4v) is 5.70. The lowest BCUT2D eigenvalue weighted by Gasteiger charge is -2.29. The number of hydrogen-bond donors (Lipinski definition) is 2. The molecule has 2 fully saturated rings. The molecule has 2 saturated heterocycles. The zero-order valence-corrected chi connectivity index (χ0v) is 21.8. The van der Waals surface area contributed by atoms with E-state index in [-0.39, 0.29) is 12.2 Å². The highest BCUT2D eigenvalue weighted by atomic mass is 16.5. The molecular weight excluding hydrogens is 470 g/mol. The molecule has 37 heavy (non-hydrogen) atoms. The first-order valence-corrected chi connectivity index (χ1v) is 13.8. The molecule has 3 aliphatic heterocycles. The van der Waals surface area contributed by atoms with Crippen molar-refractivity contribution in [1.29, 1.82) is 0 Å². The number of hydrogen-bond acceptors (Lipinski definition) is 8. The van der Waals surface area contributed by atoms with Gasteiger partial charge in [0.1, 0.15) is 17.7 Å². The number of anilines is 1. The van der Waals surface area contributed by atoms with Crippen molar-refractivity contribution in [1.82, 2.24) is 19.9 Å². The van der Waals surface area contributed by atoms with Crippen LogP contribution in [-0.2, 0) is 27.1 Å². The van der Waals surface area contributed by atoms with Gasteiger partial charge in [0.25, 0.3) is 0 Å². The molecule has 0 bridgehead atoms. The van der Waals surface area contributed by atoms with Crippen LogP contribution in [0.15, 0.2) is 18.3 Å². The summed E-state index contributed by atoms with van der Waals surface area (Å²) >= 11 is 0. The normalized spacial score (nSPS) is 22.8. The number of carboxylic acid groups (broad SMARTS) is 1. The van der Waals surface area contributed by atoms with E-state index < -0.39 is 12.0 Å². The third kappa shape index (κ3) is 6.45. The minimum atomic E-state index is -0.878. The molecule has 0 aliphatic carbocycles. The number of carboxylic acids is 1. The quantitative estimate of drug-likeness (QED) is 0.459. The van der Waals surface area contributed by atoms with E-state index in [4.69, 9.17) is 14.5 Å². The lowest BCUT2D eigenvalue weighted by Crippen LogP contribution is -2.35. The van der Waals surface area contributed by atoms with Crippen molar-refractivity contribution < 1.29 is 19.4 Å². The summed E-state index contributed by atoms with van der Waals surface area (Å²) in [7, 11) is 0. The Labute approximate surface area is 219 Å². The van der Waals surface area contributed by atoms with Crippen LogP contribution in [0.25, 0.3) is 0 Å². The maximum Gasteiger partial charge on any atom is 0.325 e. The van der Waals surface area contributed by atoms with E-state index in [9.17, 15) is 9.90 Å². The molecule has 0 saturated carbocycles. The Morgan fingerprint density at radius 3 is 3.00 bits per heavy atom. The lowest BCUT2D eigenvalue weighted by atomic mass is 9.98. The summed E-state index contributed by atoms with van der Waals surface area (Å²) in [6.45, 7) is 5.47. The van der Waals surface area contributed by atoms with Crippen LogP contribution in [-0.4, -0.2) is 69.9 Å². The van der Waals surface area contributed by atoms with Crippen LogP contribution in [0.3, 0.4) is 0 Å². The van der Waals surface area contributed by atoms with Crippen LogP contribution in [0.5, 0.6) is 0 Å². The average Bonchev–Trinajstić information content (AvgIpc) is 3.38. The summed E-state index contributed by atoms with van der Waals surface area (Å²) in [5.74, 6) is 0.815. The van der Waals surface area contributed by atoms with E-state index in [1.807, 2.05) is 11.8 Å². The summed E-state index contributed by atoms with van der Waals surface area (Å²) in [5.41, 5.74) is 3.83. The second-order valence-electron chi connectivity index (χ2n) is 10.4. The lowest BCUT2D eigenvalue weighted by molar-refractivity contribution is -0.143. The summed E-state index contributed by atoms with van der Waals surface area (Å²) < 4.78 is 12.1. The predicted octanol–water partition coefficient (Wildman–Crippen LogP) is 4.02.